The van der Waals surface area contributed by atoms with Gasteiger partial charge in [-0.05, 0) is 25.5 Å². The van der Waals surface area contributed by atoms with Crippen molar-refractivity contribution in [2.24, 2.45) is 4.99 Å². The fraction of sp³-hybridized carbons (Fsp3) is 0.579. The lowest BCUT2D eigenvalue weighted by Gasteiger charge is -2.32. The Morgan fingerprint density at radius 1 is 1.23 bits per heavy atom. The summed E-state index contributed by atoms with van der Waals surface area (Å²) in [6.45, 7) is 8.54. The second-order valence-electron chi connectivity index (χ2n) is 6.62. The van der Waals surface area contributed by atoms with Crippen molar-refractivity contribution < 1.29 is 9.53 Å². The van der Waals surface area contributed by atoms with E-state index in [2.05, 4.69) is 32.3 Å². The quantitative estimate of drug-likeness (QED) is 0.606. The summed E-state index contributed by atoms with van der Waals surface area (Å²) in [5.41, 5.74) is 0.797. The fourth-order valence-corrected chi connectivity index (χ4v) is 3.47. The van der Waals surface area contributed by atoms with E-state index in [4.69, 9.17) is 4.74 Å². The highest BCUT2D eigenvalue weighted by atomic mass is 16.5. The van der Waals surface area contributed by atoms with Gasteiger partial charge in [-0.2, -0.15) is 0 Å². The van der Waals surface area contributed by atoms with Crippen LogP contribution in [0.5, 0.6) is 0 Å². The maximum atomic E-state index is 12.2. The Morgan fingerprint density at radius 3 is 2.73 bits per heavy atom. The van der Waals surface area contributed by atoms with Crippen LogP contribution in [0, 0.1) is 0 Å². The molecule has 3 rings (SSSR count). The van der Waals surface area contributed by atoms with Gasteiger partial charge in [0, 0.05) is 44.5 Å². The molecule has 2 saturated heterocycles. The van der Waals surface area contributed by atoms with E-state index in [0.717, 1.165) is 64.0 Å². The van der Waals surface area contributed by atoms with Crippen molar-refractivity contribution in [3.8, 4) is 0 Å². The first kappa shape index (κ1) is 18.7. The van der Waals surface area contributed by atoms with E-state index in [1.165, 1.54) is 0 Å². The average Bonchev–Trinajstić information content (AvgIpc) is 3.17. The summed E-state index contributed by atoms with van der Waals surface area (Å²) in [5, 5.41) is 6.20. The number of para-hydroxylation sites is 1. The van der Waals surface area contributed by atoms with E-state index in [1.54, 1.807) is 0 Å². The molecule has 0 aromatic heterocycles. The Kier molecular flexibility index (Phi) is 6.85. The summed E-state index contributed by atoms with van der Waals surface area (Å²) < 4.78 is 5.45. The third-order valence-electron chi connectivity index (χ3n) is 4.79. The molecule has 2 heterocycles. The van der Waals surface area contributed by atoms with Crippen molar-refractivity contribution in [1.29, 1.82) is 0 Å². The molecule has 2 aliphatic heterocycles. The summed E-state index contributed by atoms with van der Waals surface area (Å²) in [5.74, 6) is 0.724. The largest absolute Gasteiger partial charge is 0.379 e. The summed E-state index contributed by atoms with van der Waals surface area (Å²) in [6, 6.07) is 10.0. The molecule has 7 nitrogen and oxygen atoms in total. The van der Waals surface area contributed by atoms with Crippen LogP contribution in [0.4, 0.5) is 5.69 Å². The first-order chi connectivity index (χ1) is 12.8. The van der Waals surface area contributed by atoms with Gasteiger partial charge in [0.05, 0.1) is 13.2 Å². The second-order valence-corrected chi connectivity index (χ2v) is 6.62. The number of hydrogen-bond acceptors (Lipinski definition) is 4. The van der Waals surface area contributed by atoms with Gasteiger partial charge in [0.25, 0.3) is 0 Å². The SMILES string of the molecule is CCNC(=NCC(=O)Nc1ccccc1)N1CCC(N2CCOCC2)C1. The van der Waals surface area contributed by atoms with Gasteiger partial charge in [0.15, 0.2) is 5.96 Å². The maximum Gasteiger partial charge on any atom is 0.246 e. The molecule has 0 radical (unpaired) electrons. The molecule has 0 bridgehead atoms. The smallest absolute Gasteiger partial charge is 0.246 e. The number of benzene rings is 1. The number of ether oxygens (including phenoxy) is 1. The number of nitrogens with one attached hydrogen (secondary N) is 2. The van der Waals surface area contributed by atoms with Crippen LogP contribution in [0.2, 0.25) is 0 Å². The minimum Gasteiger partial charge on any atom is -0.379 e. The first-order valence-corrected chi connectivity index (χ1v) is 9.46. The normalized spacial score (nSPS) is 21.7. The van der Waals surface area contributed by atoms with Gasteiger partial charge in [-0.15, -0.1) is 0 Å². The Morgan fingerprint density at radius 2 is 2.00 bits per heavy atom. The number of nitrogens with zero attached hydrogens (tertiary/aromatic N) is 3. The number of carbonyl (C=O) groups excluding carboxylic acids is 1. The van der Waals surface area contributed by atoms with Crippen LogP contribution in [-0.4, -0.2) is 80.2 Å². The molecule has 2 N–H and O–H groups in total. The Labute approximate surface area is 155 Å². The van der Waals surface area contributed by atoms with E-state index in [1.807, 2.05) is 30.3 Å². The lowest BCUT2D eigenvalue weighted by Crippen LogP contribution is -2.46. The van der Waals surface area contributed by atoms with Gasteiger partial charge in [-0.3, -0.25) is 9.69 Å². The molecular weight excluding hydrogens is 330 g/mol. The van der Waals surface area contributed by atoms with Crippen molar-refractivity contribution in [2.75, 3.05) is 57.8 Å². The average molecular weight is 359 g/mol. The lowest BCUT2D eigenvalue weighted by atomic mass is 10.2. The van der Waals surface area contributed by atoms with Crippen LogP contribution < -0.4 is 10.6 Å². The highest BCUT2D eigenvalue weighted by Gasteiger charge is 2.30. The Balaban J connectivity index is 1.54. The minimum absolute atomic E-state index is 0.101. The Bertz CT molecular complexity index is 601. The van der Waals surface area contributed by atoms with Crippen LogP contribution in [0.25, 0.3) is 0 Å². The molecule has 26 heavy (non-hydrogen) atoms. The number of carbonyl (C=O) groups is 1. The summed E-state index contributed by atoms with van der Waals surface area (Å²) >= 11 is 0. The number of amides is 1. The van der Waals surface area contributed by atoms with Crippen LogP contribution in [0.1, 0.15) is 13.3 Å². The van der Waals surface area contributed by atoms with Gasteiger partial charge >= 0.3 is 0 Å². The molecule has 7 heteroatoms. The summed E-state index contributed by atoms with van der Waals surface area (Å²) in [6.07, 6.45) is 1.13. The van der Waals surface area contributed by atoms with Crippen LogP contribution in [0.15, 0.2) is 35.3 Å². The van der Waals surface area contributed by atoms with E-state index in [0.29, 0.717) is 6.04 Å². The number of guanidine groups is 1. The standard InChI is InChI=1S/C19H29N5O2/c1-2-20-19(21-14-18(25)22-16-6-4-3-5-7-16)24-9-8-17(15-24)23-10-12-26-13-11-23/h3-7,17H,2,8-15H2,1H3,(H,20,21)(H,22,25). The molecule has 0 spiro atoms. The van der Waals surface area contributed by atoms with E-state index in [9.17, 15) is 4.79 Å². The number of aliphatic imine (C=N–C) groups is 1. The molecule has 1 aromatic carbocycles. The van der Waals surface area contributed by atoms with Crippen molar-refractivity contribution in [1.82, 2.24) is 15.1 Å². The third kappa shape index (κ3) is 5.19. The molecule has 2 aliphatic rings. The zero-order valence-electron chi connectivity index (χ0n) is 15.5. The van der Waals surface area contributed by atoms with Crippen LogP contribution >= 0.6 is 0 Å². The molecule has 0 saturated carbocycles. The fourth-order valence-electron chi connectivity index (χ4n) is 3.47. The number of morpholine rings is 1. The van der Waals surface area contributed by atoms with Gasteiger partial charge in [-0.1, -0.05) is 18.2 Å². The van der Waals surface area contributed by atoms with E-state index >= 15 is 0 Å². The van der Waals surface area contributed by atoms with Crippen molar-refractivity contribution >= 4 is 17.6 Å². The topological polar surface area (TPSA) is 69.2 Å². The van der Waals surface area contributed by atoms with Crippen molar-refractivity contribution in [3.63, 3.8) is 0 Å². The predicted molar refractivity (Wildman–Crippen MR) is 103 cm³/mol. The molecular formula is C19H29N5O2. The number of anilines is 1. The zero-order chi connectivity index (χ0) is 18.2. The molecule has 0 aliphatic carbocycles. The van der Waals surface area contributed by atoms with Crippen LogP contribution in [0.3, 0.4) is 0 Å². The summed E-state index contributed by atoms with van der Waals surface area (Å²) in [7, 11) is 0. The summed E-state index contributed by atoms with van der Waals surface area (Å²) in [4.78, 5) is 21.5. The molecule has 1 unspecified atom stereocenters. The molecule has 1 amide bonds. The highest BCUT2D eigenvalue weighted by Crippen LogP contribution is 2.17. The zero-order valence-corrected chi connectivity index (χ0v) is 15.5. The van der Waals surface area contributed by atoms with E-state index in [-0.39, 0.29) is 12.5 Å². The minimum atomic E-state index is -0.101. The van der Waals surface area contributed by atoms with E-state index < -0.39 is 0 Å². The maximum absolute atomic E-state index is 12.2. The number of likely N-dealkylation sites (tertiary alicyclic amines) is 1. The highest BCUT2D eigenvalue weighted by molar-refractivity contribution is 5.94. The number of rotatable bonds is 5. The first-order valence-electron chi connectivity index (χ1n) is 9.46. The molecule has 1 aromatic rings. The molecule has 1 atom stereocenters. The Hall–Kier alpha value is -2.12. The van der Waals surface area contributed by atoms with Crippen LogP contribution in [-0.2, 0) is 9.53 Å². The second kappa shape index (κ2) is 9.54. The number of hydrogen-bond donors (Lipinski definition) is 2. The molecule has 142 valence electrons. The predicted octanol–water partition coefficient (Wildman–Crippen LogP) is 0.997. The van der Waals surface area contributed by atoms with Gasteiger partial charge < -0.3 is 20.3 Å². The molecule has 2 fully saturated rings. The van der Waals surface area contributed by atoms with Gasteiger partial charge in [-0.25, -0.2) is 4.99 Å². The van der Waals surface area contributed by atoms with Gasteiger partial charge in [0.1, 0.15) is 6.54 Å². The monoisotopic (exact) mass is 359 g/mol. The van der Waals surface area contributed by atoms with Gasteiger partial charge in [0.2, 0.25) is 5.91 Å². The van der Waals surface area contributed by atoms with Crippen molar-refractivity contribution in [3.05, 3.63) is 30.3 Å². The third-order valence-corrected chi connectivity index (χ3v) is 4.79. The van der Waals surface area contributed by atoms with Crippen molar-refractivity contribution in [2.45, 2.75) is 19.4 Å². The lowest BCUT2D eigenvalue weighted by molar-refractivity contribution is -0.114.